The molecule has 106 valence electrons. The zero-order valence-electron chi connectivity index (χ0n) is 11.4. The minimum Gasteiger partial charge on any atom is -0.271 e. The third-order valence-corrected chi connectivity index (χ3v) is 4.18. The van der Waals surface area contributed by atoms with E-state index in [4.69, 9.17) is 10.8 Å². The number of pyridine rings is 1. The number of rotatable bonds is 5. The Bertz CT molecular complexity index is 682. The largest absolute Gasteiger partial charge is 0.271 e. The molecule has 3 aromatic rings. The highest BCUT2D eigenvalue weighted by Gasteiger charge is 2.13. The topological polar surface area (TPSA) is 63.8 Å². The first kappa shape index (κ1) is 13.9. The lowest BCUT2D eigenvalue weighted by molar-refractivity contribution is 0.550. The van der Waals surface area contributed by atoms with Crippen LogP contribution >= 0.6 is 11.3 Å². The fourth-order valence-corrected chi connectivity index (χ4v) is 3.04. The second-order valence-electron chi connectivity index (χ2n) is 4.70. The third kappa shape index (κ3) is 3.33. The molecule has 3 N–H and O–H groups in total. The number of hydrogen-bond donors (Lipinski definition) is 2. The van der Waals surface area contributed by atoms with Gasteiger partial charge in [-0.3, -0.25) is 16.3 Å². The predicted octanol–water partition coefficient (Wildman–Crippen LogP) is 2.95. The van der Waals surface area contributed by atoms with Gasteiger partial charge in [-0.25, -0.2) is 4.98 Å². The van der Waals surface area contributed by atoms with Crippen molar-refractivity contribution in [1.82, 2.24) is 15.4 Å². The quantitative estimate of drug-likeness (QED) is 0.561. The molecule has 1 unspecified atom stereocenters. The molecule has 0 saturated heterocycles. The van der Waals surface area contributed by atoms with Crippen molar-refractivity contribution in [3.8, 4) is 11.3 Å². The molecule has 0 saturated carbocycles. The minimum absolute atomic E-state index is 0.0442. The maximum absolute atomic E-state index is 5.68. The molecule has 0 radical (unpaired) electrons. The van der Waals surface area contributed by atoms with Crippen LogP contribution in [-0.2, 0) is 6.42 Å². The van der Waals surface area contributed by atoms with Crippen LogP contribution in [0.1, 0.15) is 16.6 Å². The maximum Gasteiger partial charge on any atom is 0.0952 e. The lowest BCUT2D eigenvalue weighted by Crippen LogP contribution is -2.29. The summed E-state index contributed by atoms with van der Waals surface area (Å²) >= 11 is 1.66. The Morgan fingerprint density at radius 1 is 1.10 bits per heavy atom. The second kappa shape index (κ2) is 6.58. The summed E-state index contributed by atoms with van der Waals surface area (Å²) in [6, 6.07) is 14.2. The molecule has 1 atom stereocenters. The van der Waals surface area contributed by atoms with Gasteiger partial charge in [-0.15, -0.1) is 11.3 Å². The summed E-state index contributed by atoms with van der Waals surface area (Å²) in [5, 5.41) is 3.15. The molecule has 0 amide bonds. The van der Waals surface area contributed by atoms with Crippen LogP contribution in [0.25, 0.3) is 11.3 Å². The van der Waals surface area contributed by atoms with Gasteiger partial charge in [0.2, 0.25) is 0 Å². The van der Waals surface area contributed by atoms with E-state index in [-0.39, 0.29) is 6.04 Å². The molecule has 1 aromatic carbocycles. The molecular formula is C16H16N4S. The molecule has 0 spiro atoms. The summed E-state index contributed by atoms with van der Waals surface area (Å²) in [6.07, 6.45) is 4.31. The van der Waals surface area contributed by atoms with Crippen LogP contribution in [0.3, 0.4) is 0 Å². The molecule has 3 rings (SSSR count). The highest BCUT2D eigenvalue weighted by molar-refractivity contribution is 7.09. The molecule has 21 heavy (non-hydrogen) atoms. The molecule has 0 fully saturated rings. The van der Waals surface area contributed by atoms with Crippen molar-refractivity contribution in [2.24, 2.45) is 5.84 Å². The smallest absolute Gasteiger partial charge is 0.0952 e. The fourth-order valence-electron chi connectivity index (χ4n) is 2.19. The van der Waals surface area contributed by atoms with Gasteiger partial charge in [0.05, 0.1) is 16.7 Å². The van der Waals surface area contributed by atoms with Gasteiger partial charge in [0.1, 0.15) is 0 Å². The number of hydrogen-bond acceptors (Lipinski definition) is 5. The van der Waals surface area contributed by atoms with Gasteiger partial charge < -0.3 is 0 Å². The van der Waals surface area contributed by atoms with Crippen molar-refractivity contribution in [3.05, 3.63) is 70.8 Å². The SMILES string of the molecule is NNC(Cc1nc(-c2ccccc2)cs1)c1ccncc1. The average molecular weight is 296 g/mol. The Labute approximate surface area is 127 Å². The normalized spacial score (nSPS) is 12.2. The van der Waals surface area contributed by atoms with E-state index in [1.165, 1.54) is 0 Å². The van der Waals surface area contributed by atoms with Gasteiger partial charge in [0.25, 0.3) is 0 Å². The van der Waals surface area contributed by atoms with E-state index in [1.807, 2.05) is 30.3 Å². The van der Waals surface area contributed by atoms with Crippen LogP contribution in [0.2, 0.25) is 0 Å². The van der Waals surface area contributed by atoms with Crippen LogP contribution in [0.4, 0.5) is 0 Å². The van der Waals surface area contributed by atoms with Gasteiger partial charge in [0, 0.05) is 29.8 Å². The van der Waals surface area contributed by atoms with Gasteiger partial charge >= 0.3 is 0 Å². The molecule has 0 aliphatic heterocycles. The Balaban J connectivity index is 1.78. The molecule has 0 bridgehead atoms. The monoisotopic (exact) mass is 296 g/mol. The van der Waals surface area contributed by atoms with Crippen molar-refractivity contribution >= 4 is 11.3 Å². The number of aromatic nitrogens is 2. The van der Waals surface area contributed by atoms with Gasteiger partial charge in [0.15, 0.2) is 0 Å². The van der Waals surface area contributed by atoms with Crippen LogP contribution < -0.4 is 11.3 Å². The van der Waals surface area contributed by atoms with E-state index in [0.717, 1.165) is 28.2 Å². The molecule has 5 heteroatoms. The first-order chi connectivity index (χ1) is 10.4. The Morgan fingerprint density at radius 2 is 1.86 bits per heavy atom. The number of nitrogens with one attached hydrogen (secondary N) is 1. The first-order valence-corrected chi connectivity index (χ1v) is 7.60. The Morgan fingerprint density at radius 3 is 2.57 bits per heavy atom. The summed E-state index contributed by atoms with van der Waals surface area (Å²) in [7, 11) is 0. The van der Waals surface area contributed by atoms with E-state index in [2.05, 4.69) is 27.9 Å². The average Bonchev–Trinajstić information content (AvgIpc) is 3.03. The predicted molar refractivity (Wildman–Crippen MR) is 85.6 cm³/mol. The molecule has 2 heterocycles. The first-order valence-electron chi connectivity index (χ1n) is 6.72. The van der Waals surface area contributed by atoms with Crippen molar-refractivity contribution < 1.29 is 0 Å². The van der Waals surface area contributed by atoms with Crippen LogP contribution in [0.15, 0.2) is 60.2 Å². The van der Waals surface area contributed by atoms with Crippen LogP contribution in [0.5, 0.6) is 0 Å². The van der Waals surface area contributed by atoms with Crippen LogP contribution in [0, 0.1) is 0 Å². The standard InChI is InChI=1S/C16H16N4S/c17-20-14(13-6-8-18-9-7-13)10-16-19-15(11-21-16)12-4-2-1-3-5-12/h1-9,11,14,20H,10,17H2. The highest BCUT2D eigenvalue weighted by atomic mass is 32.1. The summed E-state index contributed by atoms with van der Waals surface area (Å²) in [5.74, 6) is 5.68. The van der Waals surface area contributed by atoms with Gasteiger partial charge in [-0.05, 0) is 17.7 Å². The maximum atomic E-state index is 5.68. The van der Waals surface area contributed by atoms with Crippen molar-refractivity contribution in [1.29, 1.82) is 0 Å². The lowest BCUT2D eigenvalue weighted by atomic mass is 10.1. The summed E-state index contributed by atoms with van der Waals surface area (Å²) in [4.78, 5) is 8.73. The molecule has 2 aromatic heterocycles. The molecule has 0 aliphatic carbocycles. The number of thiazole rings is 1. The third-order valence-electron chi connectivity index (χ3n) is 3.31. The fraction of sp³-hybridized carbons (Fsp3) is 0.125. The van der Waals surface area contributed by atoms with Crippen molar-refractivity contribution in [2.45, 2.75) is 12.5 Å². The molecular weight excluding hydrogens is 280 g/mol. The second-order valence-corrected chi connectivity index (χ2v) is 5.64. The number of hydrazine groups is 1. The molecule has 4 nitrogen and oxygen atoms in total. The van der Waals surface area contributed by atoms with Crippen molar-refractivity contribution in [2.75, 3.05) is 0 Å². The van der Waals surface area contributed by atoms with E-state index >= 15 is 0 Å². The lowest BCUT2D eigenvalue weighted by Gasteiger charge is -2.14. The molecule has 0 aliphatic rings. The number of benzene rings is 1. The zero-order valence-corrected chi connectivity index (χ0v) is 12.3. The minimum atomic E-state index is 0.0442. The van der Waals surface area contributed by atoms with E-state index in [9.17, 15) is 0 Å². The summed E-state index contributed by atoms with van der Waals surface area (Å²) in [5.41, 5.74) is 6.12. The van der Waals surface area contributed by atoms with Crippen LogP contribution in [-0.4, -0.2) is 9.97 Å². The number of nitrogens with two attached hydrogens (primary N) is 1. The van der Waals surface area contributed by atoms with Gasteiger partial charge in [-0.1, -0.05) is 30.3 Å². The highest BCUT2D eigenvalue weighted by Crippen LogP contribution is 2.25. The van der Waals surface area contributed by atoms with E-state index in [0.29, 0.717) is 0 Å². The zero-order chi connectivity index (χ0) is 14.5. The Hall–Kier alpha value is -2.08. The summed E-state index contributed by atoms with van der Waals surface area (Å²) in [6.45, 7) is 0. The summed E-state index contributed by atoms with van der Waals surface area (Å²) < 4.78 is 0. The number of nitrogens with zero attached hydrogens (tertiary/aromatic N) is 2. The van der Waals surface area contributed by atoms with Gasteiger partial charge in [-0.2, -0.15) is 0 Å². The van der Waals surface area contributed by atoms with E-state index in [1.54, 1.807) is 23.7 Å². The van der Waals surface area contributed by atoms with Crippen molar-refractivity contribution in [3.63, 3.8) is 0 Å². The van der Waals surface area contributed by atoms with E-state index < -0.39 is 0 Å². The Kier molecular flexibility index (Phi) is 4.35.